The van der Waals surface area contributed by atoms with Crippen LogP contribution < -0.4 is 4.74 Å². The van der Waals surface area contributed by atoms with E-state index in [4.69, 9.17) is 9.15 Å². The number of aromatic nitrogens is 1. The Morgan fingerprint density at radius 3 is 3.06 bits per heavy atom. The molecule has 0 spiro atoms. The van der Waals surface area contributed by atoms with Gasteiger partial charge in [0.1, 0.15) is 23.7 Å². The van der Waals surface area contributed by atoms with E-state index >= 15 is 0 Å². The molecule has 0 fully saturated rings. The zero-order valence-electron chi connectivity index (χ0n) is 9.25. The first-order valence-corrected chi connectivity index (χ1v) is 4.99. The van der Waals surface area contributed by atoms with Gasteiger partial charge in [-0.15, -0.1) is 0 Å². The maximum atomic E-state index is 11.4. The number of nitrogens with zero attached hydrogens (tertiary/aromatic N) is 1. The summed E-state index contributed by atoms with van der Waals surface area (Å²) < 4.78 is 15.2. The average molecular weight is 233 g/mol. The molecule has 2 rings (SSSR count). The number of carbonyl (C=O) groups is 1. The maximum Gasteiger partial charge on any atom is 0.343 e. The van der Waals surface area contributed by atoms with E-state index in [1.54, 1.807) is 30.7 Å². The molecule has 0 amide bonds. The van der Waals surface area contributed by atoms with Crippen molar-refractivity contribution in [2.24, 2.45) is 0 Å². The molecule has 17 heavy (non-hydrogen) atoms. The Labute approximate surface area is 98.0 Å². The van der Waals surface area contributed by atoms with Crippen LogP contribution in [0.5, 0.6) is 5.75 Å². The Kier molecular flexibility index (Phi) is 3.40. The Balaban J connectivity index is 2.12. The van der Waals surface area contributed by atoms with Gasteiger partial charge in [0.05, 0.1) is 13.4 Å². The van der Waals surface area contributed by atoms with Crippen LogP contribution in [0.15, 0.2) is 41.3 Å². The van der Waals surface area contributed by atoms with Crippen LogP contribution in [0.3, 0.4) is 0 Å². The lowest BCUT2D eigenvalue weighted by atomic mass is 10.2. The summed E-state index contributed by atoms with van der Waals surface area (Å²) in [7, 11) is 1.31. The molecule has 2 aromatic heterocycles. The quantitative estimate of drug-likeness (QED) is 0.756. The number of pyridine rings is 1. The highest BCUT2D eigenvalue weighted by atomic mass is 16.5. The zero-order valence-corrected chi connectivity index (χ0v) is 9.25. The predicted molar refractivity (Wildman–Crippen MR) is 58.6 cm³/mol. The van der Waals surface area contributed by atoms with E-state index in [0.29, 0.717) is 17.1 Å². The van der Waals surface area contributed by atoms with Crippen molar-refractivity contribution in [1.29, 1.82) is 0 Å². The van der Waals surface area contributed by atoms with Crippen LogP contribution in [0.25, 0.3) is 0 Å². The molecule has 0 aromatic carbocycles. The van der Waals surface area contributed by atoms with Gasteiger partial charge in [0.25, 0.3) is 0 Å². The number of esters is 1. The number of hydrogen-bond acceptors (Lipinski definition) is 5. The Bertz CT molecular complexity index is 493. The van der Waals surface area contributed by atoms with Gasteiger partial charge in [-0.05, 0) is 18.2 Å². The zero-order chi connectivity index (χ0) is 12.1. The lowest BCUT2D eigenvalue weighted by Crippen LogP contribution is -2.06. The van der Waals surface area contributed by atoms with Crippen LogP contribution in [-0.4, -0.2) is 18.1 Å². The van der Waals surface area contributed by atoms with Gasteiger partial charge in [0.15, 0.2) is 0 Å². The molecule has 0 unspecified atom stereocenters. The Morgan fingerprint density at radius 1 is 1.47 bits per heavy atom. The molecule has 2 heterocycles. The van der Waals surface area contributed by atoms with E-state index in [0.717, 1.165) is 0 Å². The van der Waals surface area contributed by atoms with Gasteiger partial charge in [-0.3, -0.25) is 4.98 Å². The van der Waals surface area contributed by atoms with E-state index in [1.807, 2.05) is 0 Å². The highest BCUT2D eigenvalue weighted by Gasteiger charge is 2.13. The van der Waals surface area contributed by atoms with Gasteiger partial charge in [-0.2, -0.15) is 0 Å². The van der Waals surface area contributed by atoms with Crippen molar-refractivity contribution in [3.8, 4) is 5.75 Å². The minimum atomic E-state index is -0.479. The van der Waals surface area contributed by atoms with E-state index in [2.05, 4.69) is 9.72 Å². The van der Waals surface area contributed by atoms with Crippen molar-refractivity contribution in [2.45, 2.75) is 6.61 Å². The predicted octanol–water partition coefficient (Wildman–Crippen LogP) is 2.04. The van der Waals surface area contributed by atoms with Gasteiger partial charge in [0, 0.05) is 12.4 Å². The Hall–Kier alpha value is -2.30. The normalized spacial score (nSPS) is 9.94. The molecule has 0 aliphatic rings. The van der Waals surface area contributed by atoms with E-state index in [1.165, 1.54) is 13.3 Å². The summed E-state index contributed by atoms with van der Waals surface area (Å²) in [6.07, 6.45) is 4.51. The molecule has 0 atom stereocenters. The van der Waals surface area contributed by atoms with Crippen LogP contribution in [0.4, 0.5) is 0 Å². The number of methoxy groups -OCH3 is 1. The summed E-state index contributed by atoms with van der Waals surface area (Å²) in [5, 5.41) is 0. The second kappa shape index (κ2) is 5.16. The molecule has 0 N–H and O–H groups in total. The summed E-state index contributed by atoms with van der Waals surface area (Å²) >= 11 is 0. The van der Waals surface area contributed by atoms with Crippen molar-refractivity contribution in [3.05, 3.63) is 48.2 Å². The molecule has 5 nitrogen and oxygen atoms in total. The molecule has 2 aromatic rings. The van der Waals surface area contributed by atoms with Crippen LogP contribution >= 0.6 is 0 Å². The van der Waals surface area contributed by atoms with Crippen LogP contribution in [0, 0.1) is 0 Å². The molecular formula is C12H11NO4. The molecule has 0 saturated carbocycles. The van der Waals surface area contributed by atoms with E-state index < -0.39 is 5.97 Å². The second-order valence-electron chi connectivity index (χ2n) is 3.23. The fraction of sp³-hybridized carbons (Fsp3) is 0.167. The fourth-order valence-electron chi connectivity index (χ4n) is 1.31. The highest BCUT2D eigenvalue weighted by Crippen LogP contribution is 2.19. The Morgan fingerprint density at radius 2 is 2.35 bits per heavy atom. The lowest BCUT2D eigenvalue weighted by molar-refractivity contribution is 0.0594. The average Bonchev–Trinajstić information content (AvgIpc) is 2.89. The summed E-state index contributed by atoms with van der Waals surface area (Å²) in [5.41, 5.74) is 0.293. The topological polar surface area (TPSA) is 61.6 Å². The third-order valence-corrected chi connectivity index (χ3v) is 2.14. The molecule has 0 aliphatic carbocycles. The third-order valence-electron chi connectivity index (χ3n) is 2.14. The van der Waals surface area contributed by atoms with Crippen molar-refractivity contribution in [1.82, 2.24) is 4.98 Å². The minimum Gasteiger partial charge on any atom is -0.485 e. The van der Waals surface area contributed by atoms with Gasteiger partial charge in [0.2, 0.25) is 0 Å². The summed E-state index contributed by atoms with van der Waals surface area (Å²) in [6.45, 7) is 0.251. The van der Waals surface area contributed by atoms with Gasteiger partial charge in [-0.25, -0.2) is 4.79 Å². The molecule has 0 radical (unpaired) electrons. The van der Waals surface area contributed by atoms with Crippen molar-refractivity contribution in [2.75, 3.05) is 7.11 Å². The van der Waals surface area contributed by atoms with Crippen LogP contribution in [0.1, 0.15) is 16.1 Å². The van der Waals surface area contributed by atoms with Crippen molar-refractivity contribution >= 4 is 5.97 Å². The molecule has 88 valence electrons. The second-order valence-corrected chi connectivity index (χ2v) is 3.23. The molecule has 0 aliphatic heterocycles. The molecule has 0 bridgehead atoms. The summed E-state index contributed by atoms with van der Waals surface area (Å²) in [6, 6.07) is 5.17. The molecule has 5 heteroatoms. The van der Waals surface area contributed by atoms with Crippen LogP contribution in [-0.2, 0) is 11.3 Å². The third kappa shape index (κ3) is 2.63. The SMILES string of the molecule is COC(=O)c1cnccc1OCc1ccco1. The van der Waals surface area contributed by atoms with Crippen molar-refractivity contribution in [3.63, 3.8) is 0 Å². The summed E-state index contributed by atoms with van der Waals surface area (Å²) in [5.74, 6) is 0.619. The van der Waals surface area contributed by atoms with E-state index in [-0.39, 0.29) is 6.61 Å². The number of ether oxygens (including phenoxy) is 2. The van der Waals surface area contributed by atoms with Gasteiger partial charge < -0.3 is 13.9 Å². The summed E-state index contributed by atoms with van der Waals surface area (Å²) in [4.78, 5) is 15.3. The number of hydrogen-bond donors (Lipinski definition) is 0. The molecular weight excluding hydrogens is 222 g/mol. The first kappa shape index (κ1) is 11.2. The van der Waals surface area contributed by atoms with E-state index in [9.17, 15) is 4.79 Å². The number of furan rings is 1. The smallest absolute Gasteiger partial charge is 0.343 e. The fourth-order valence-corrected chi connectivity index (χ4v) is 1.31. The first-order chi connectivity index (χ1) is 8.31. The van der Waals surface area contributed by atoms with Crippen LogP contribution in [0.2, 0.25) is 0 Å². The largest absolute Gasteiger partial charge is 0.485 e. The number of rotatable bonds is 4. The first-order valence-electron chi connectivity index (χ1n) is 4.99. The highest BCUT2D eigenvalue weighted by molar-refractivity contribution is 5.91. The van der Waals surface area contributed by atoms with Gasteiger partial charge in [-0.1, -0.05) is 0 Å². The maximum absolute atomic E-state index is 11.4. The molecule has 0 saturated heterocycles. The van der Waals surface area contributed by atoms with Crippen molar-refractivity contribution < 1.29 is 18.7 Å². The monoisotopic (exact) mass is 233 g/mol. The lowest BCUT2D eigenvalue weighted by Gasteiger charge is -2.07. The minimum absolute atomic E-state index is 0.251. The number of carbonyl (C=O) groups excluding carboxylic acids is 1. The van der Waals surface area contributed by atoms with Gasteiger partial charge >= 0.3 is 5.97 Å². The standard InChI is InChI=1S/C12H11NO4/c1-15-12(14)10-7-13-5-4-11(10)17-8-9-3-2-6-16-9/h2-7H,8H2,1H3.